The standard InChI is InChI=1S/C29H46O4.C4H6O2/c1-5-7-8-9-24-13-17-26(25(6-2)18-24)14-10-23-11-15-27(16-12-23)28(20-32-4)21-33-29(31)22(3)19-30;1-4(2-5)3-6/h13,17-18,23,27-28,30H,3,5-12,14-16,19-21H2,1-2,4H3;2,6H,1,3H2. The number of aliphatic hydroxyl groups excluding tert-OH is 2. The van der Waals surface area contributed by atoms with Crippen molar-refractivity contribution in [2.24, 2.45) is 17.8 Å². The summed E-state index contributed by atoms with van der Waals surface area (Å²) in [5, 5.41) is 17.1. The van der Waals surface area contributed by atoms with Crippen LogP contribution >= 0.6 is 0 Å². The van der Waals surface area contributed by atoms with Crippen molar-refractivity contribution in [1.29, 1.82) is 0 Å². The van der Waals surface area contributed by atoms with Gasteiger partial charge in [0.25, 0.3) is 0 Å². The molecule has 1 aromatic carbocycles. The van der Waals surface area contributed by atoms with E-state index in [0.29, 0.717) is 25.4 Å². The number of aldehydes is 1. The van der Waals surface area contributed by atoms with E-state index < -0.39 is 5.97 Å². The molecule has 1 aliphatic rings. The fourth-order valence-electron chi connectivity index (χ4n) is 5.22. The van der Waals surface area contributed by atoms with Gasteiger partial charge in [0, 0.05) is 18.6 Å². The minimum atomic E-state index is -0.504. The molecule has 1 aliphatic carbocycles. The number of hydrogen-bond donors (Lipinski definition) is 2. The van der Waals surface area contributed by atoms with Gasteiger partial charge in [-0.2, -0.15) is 0 Å². The molecule has 0 aromatic heterocycles. The van der Waals surface area contributed by atoms with Gasteiger partial charge in [-0.3, -0.25) is 4.79 Å². The monoisotopic (exact) mass is 544 g/mol. The average molecular weight is 545 g/mol. The predicted molar refractivity (Wildman–Crippen MR) is 158 cm³/mol. The molecule has 220 valence electrons. The molecular formula is C33H52O6. The van der Waals surface area contributed by atoms with Gasteiger partial charge in [-0.1, -0.05) is 70.9 Å². The minimum Gasteiger partial charge on any atom is -0.462 e. The molecule has 1 fully saturated rings. The van der Waals surface area contributed by atoms with Gasteiger partial charge in [-0.15, -0.1) is 0 Å². The number of carbonyl (C=O) groups is 2. The van der Waals surface area contributed by atoms with Crippen LogP contribution in [0.3, 0.4) is 0 Å². The first kappa shape index (κ1) is 34.7. The summed E-state index contributed by atoms with van der Waals surface area (Å²) in [6.45, 7) is 11.6. The van der Waals surface area contributed by atoms with E-state index >= 15 is 0 Å². The topological polar surface area (TPSA) is 93.1 Å². The zero-order chi connectivity index (χ0) is 29.0. The molecule has 39 heavy (non-hydrogen) atoms. The number of aliphatic hydroxyl groups is 2. The van der Waals surface area contributed by atoms with E-state index in [1.807, 2.05) is 0 Å². The van der Waals surface area contributed by atoms with Gasteiger partial charge >= 0.3 is 5.97 Å². The van der Waals surface area contributed by atoms with Crippen molar-refractivity contribution < 1.29 is 29.3 Å². The smallest absolute Gasteiger partial charge is 0.335 e. The number of benzene rings is 1. The molecule has 6 nitrogen and oxygen atoms in total. The second-order valence-corrected chi connectivity index (χ2v) is 10.7. The highest BCUT2D eigenvalue weighted by Crippen LogP contribution is 2.36. The Balaban J connectivity index is 0.00000113. The van der Waals surface area contributed by atoms with Crippen LogP contribution in [0.15, 0.2) is 42.5 Å². The molecule has 1 atom stereocenters. The molecule has 0 heterocycles. The summed E-state index contributed by atoms with van der Waals surface area (Å²) in [5.41, 5.74) is 4.89. The molecule has 6 heteroatoms. The number of unbranched alkanes of at least 4 members (excludes halogenated alkanes) is 2. The molecular weight excluding hydrogens is 492 g/mol. The third-order valence-electron chi connectivity index (χ3n) is 7.76. The Hall–Kier alpha value is -2.28. The second-order valence-electron chi connectivity index (χ2n) is 10.7. The Morgan fingerprint density at radius 1 is 1.03 bits per heavy atom. The van der Waals surface area contributed by atoms with Crippen molar-refractivity contribution in [3.8, 4) is 0 Å². The summed E-state index contributed by atoms with van der Waals surface area (Å²) in [7, 11) is 1.70. The second kappa shape index (κ2) is 20.6. The maximum Gasteiger partial charge on any atom is 0.335 e. The lowest BCUT2D eigenvalue weighted by Gasteiger charge is -2.33. The zero-order valence-corrected chi connectivity index (χ0v) is 24.6. The van der Waals surface area contributed by atoms with Crippen LogP contribution in [0.5, 0.6) is 0 Å². The van der Waals surface area contributed by atoms with Crippen LogP contribution in [-0.2, 0) is 38.3 Å². The Morgan fingerprint density at radius 3 is 2.28 bits per heavy atom. The number of rotatable bonds is 17. The van der Waals surface area contributed by atoms with Gasteiger partial charge in [0.15, 0.2) is 0 Å². The lowest BCUT2D eigenvalue weighted by molar-refractivity contribution is -0.142. The van der Waals surface area contributed by atoms with Crippen LogP contribution in [-0.4, -0.2) is 56.0 Å². The van der Waals surface area contributed by atoms with Crippen LogP contribution in [0.2, 0.25) is 0 Å². The van der Waals surface area contributed by atoms with Crippen molar-refractivity contribution in [1.82, 2.24) is 0 Å². The first-order chi connectivity index (χ1) is 18.8. The van der Waals surface area contributed by atoms with E-state index in [1.54, 1.807) is 7.11 Å². The fourth-order valence-corrected chi connectivity index (χ4v) is 5.22. The maximum atomic E-state index is 11.9. The number of carbonyl (C=O) groups excluding carboxylic acids is 2. The van der Waals surface area contributed by atoms with Crippen LogP contribution in [0, 0.1) is 17.8 Å². The van der Waals surface area contributed by atoms with Crippen LogP contribution in [0.4, 0.5) is 0 Å². The predicted octanol–water partition coefficient (Wildman–Crippen LogP) is 5.81. The summed E-state index contributed by atoms with van der Waals surface area (Å²) in [5.74, 6) is 0.994. The Kier molecular flexibility index (Phi) is 18.4. The number of methoxy groups -OCH3 is 1. The number of ether oxygens (including phenoxy) is 2. The zero-order valence-electron chi connectivity index (χ0n) is 24.6. The summed E-state index contributed by atoms with van der Waals surface area (Å²) < 4.78 is 10.8. The minimum absolute atomic E-state index is 0.107. The normalized spacial score (nSPS) is 17.5. The van der Waals surface area contributed by atoms with E-state index in [2.05, 4.69) is 45.2 Å². The molecule has 0 aliphatic heterocycles. The lowest BCUT2D eigenvalue weighted by Crippen LogP contribution is -2.30. The SMILES string of the molecule is C=C(C=O)CO.C=C(CO)C(=O)OCC(COC)C1CCC(CCc2ccc(CCCCC)cc2CC)CC1. The highest BCUT2D eigenvalue weighted by atomic mass is 16.5. The van der Waals surface area contributed by atoms with Crippen molar-refractivity contribution in [3.63, 3.8) is 0 Å². The summed E-state index contributed by atoms with van der Waals surface area (Å²) >= 11 is 0. The van der Waals surface area contributed by atoms with Crippen molar-refractivity contribution in [2.75, 3.05) is 33.5 Å². The van der Waals surface area contributed by atoms with E-state index in [9.17, 15) is 9.59 Å². The number of aryl methyl sites for hydroxylation is 3. The highest BCUT2D eigenvalue weighted by Gasteiger charge is 2.29. The summed E-state index contributed by atoms with van der Waals surface area (Å²) in [6, 6.07) is 7.18. The van der Waals surface area contributed by atoms with E-state index in [1.165, 1.54) is 68.1 Å². The Labute approximate surface area is 236 Å². The number of esters is 1. The quantitative estimate of drug-likeness (QED) is 0.111. The maximum absolute atomic E-state index is 11.9. The van der Waals surface area contributed by atoms with Crippen molar-refractivity contribution in [3.05, 3.63) is 59.2 Å². The number of hydrogen-bond acceptors (Lipinski definition) is 6. The Morgan fingerprint density at radius 2 is 1.74 bits per heavy atom. The summed E-state index contributed by atoms with van der Waals surface area (Å²) in [6.07, 6.45) is 14.0. The highest BCUT2D eigenvalue weighted by molar-refractivity contribution is 5.87. The molecule has 1 unspecified atom stereocenters. The van der Waals surface area contributed by atoms with Crippen molar-refractivity contribution >= 4 is 12.3 Å². The largest absolute Gasteiger partial charge is 0.462 e. The van der Waals surface area contributed by atoms with Gasteiger partial charge in [0.05, 0.1) is 32.0 Å². The van der Waals surface area contributed by atoms with Crippen LogP contribution < -0.4 is 0 Å². The third-order valence-corrected chi connectivity index (χ3v) is 7.76. The molecule has 0 saturated heterocycles. The molecule has 0 bridgehead atoms. The first-order valence-electron chi connectivity index (χ1n) is 14.6. The molecule has 0 spiro atoms. The molecule has 0 radical (unpaired) electrons. The van der Waals surface area contributed by atoms with Crippen molar-refractivity contribution in [2.45, 2.75) is 84.5 Å². The van der Waals surface area contributed by atoms with Gasteiger partial charge in [-0.25, -0.2) is 4.79 Å². The molecule has 2 N–H and O–H groups in total. The summed E-state index contributed by atoms with van der Waals surface area (Å²) in [4.78, 5) is 21.3. The average Bonchev–Trinajstić information content (AvgIpc) is 2.98. The van der Waals surface area contributed by atoms with Gasteiger partial charge in [0.1, 0.15) is 6.29 Å². The van der Waals surface area contributed by atoms with E-state index in [-0.39, 0.29) is 30.3 Å². The molecule has 1 saturated carbocycles. The van der Waals surface area contributed by atoms with Gasteiger partial charge in [-0.05, 0) is 73.5 Å². The van der Waals surface area contributed by atoms with E-state index in [0.717, 1.165) is 25.2 Å². The first-order valence-corrected chi connectivity index (χ1v) is 14.6. The molecule has 2 rings (SSSR count). The third kappa shape index (κ3) is 13.6. The molecule has 0 amide bonds. The van der Waals surface area contributed by atoms with E-state index in [4.69, 9.17) is 19.7 Å². The molecule has 1 aromatic rings. The lowest BCUT2D eigenvalue weighted by atomic mass is 9.74. The van der Waals surface area contributed by atoms with Gasteiger partial charge < -0.3 is 19.7 Å². The Bertz CT molecular complexity index is 869. The van der Waals surface area contributed by atoms with Crippen LogP contribution in [0.25, 0.3) is 0 Å². The van der Waals surface area contributed by atoms with Gasteiger partial charge in [0.2, 0.25) is 0 Å². The van der Waals surface area contributed by atoms with Crippen LogP contribution in [0.1, 0.15) is 81.9 Å². The fraction of sp³-hybridized carbons (Fsp3) is 0.636.